The predicted octanol–water partition coefficient (Wildman–Crippen LogP) is 2.59. The van der Waals surface area contributed by atoms with Gasteiger partial charge in [-0.05, 0) is 31.9 Å². The molecule has 0 aliphatic rings. The van der Waals surface area contributed by atoms with Crippen LogP contribution < -0.4 is 10.0 Å². The molecule has 0 aromatic heterocycles. The van der Waals surface area contributed by atoms with E-state index in [2.05, 4.69) is 10.0 Å². The van der Waals surface area contributed by atoms with Crippen molar-refractivity contribution in [1.29, 1.82) is 0 Å². The molecule has 0 amide bonds. The van der Waals surface area contributed by atoms with Gasteiger partial charge >= 0.3 is 0 Å². The highest BCUT2D eigenvalue weighted by Gasteiger charge is 2.20. The van der Waals surface area contributed by atoms with E-state index in [9.17, 15) is 8.42 Å². The van der Waals surface area contributed by atoms with Gasteiger partial charge in [-0.25, -0.2) is 13.1 Å². The molecule has 0 aliphatic heterocycles. The Morgan fingerprint density at radius 2 is 1.72 bits per heavy atom. The first-order chi connectivity index (χ1) is 8.55. The van der Waals surface area contributed by atoms with E-state index in [-0.39, 0.29) is 6.04 Å². The average Bonchev–Trinajstić information content (AvgIpc) is 2.37. The Bertz CT molecular complexity index is 468. The van der Waals surface area contributed by atoms with E-state index in [1.807, 2.05) is 26.8 Å². The maximum Gasteiger partial charge on any atom is 0.242 e. The van der Waals surface area contributed by atoms with Gasteiger partial charge in [-0.2, -0.15) is 0 Å². The number of para-hydroxylation sites is 1. The summed E-state index contributed by atoms with van der Waals surface area (Å²) in [5, 5.41) is 3.07. The summed E-state index contributed by atoms with van der Waals surface area (Å²) in [5.74, 6) is 0. The van der Waals surface area contributed by atoms with Crippen LogP contribution in [0.15, 0.2) is 29.2 Å². The third-order valence-electron chi connectivity index (χ3n) is 2.85. The van der Waals surface area contributed by atoms with Gasteiger partial charge in [-0.3, -0.25) is 0 Å². The Balaban J connectivity index is 3.04. The Labute approximate surface area is 110 Å². The van der Waals surface area contributed by atoms with E-state index in [4.69, 9.17) is 0 Å². The average molecular weight is 270 g/mol. The number of sulfonamides is 1. The Hall–Kier alpha value is -1.07. The first kappa shape index (κ1) is 15.0. The molecule has 0 saturated heterocycles. The normalized spacial score (nSPS) is 11.8. The fourth-order valence-corrected chi connectivity index (χ4v) is 3.36. The molecule has 1 aromatic carbocycles. The van der Waals surface area contributed by atoms with Gasteiger partial charge in [0.15, 0.2) is 0 Å². The van der Waals surface area contributed by atoms with E-state index >= 15 is 0 Å². The van der Waals surface area contributed by atoms with E-state index in [0.29, 0.717) is 17.1 Å². The predicted molar refractivity (Wildman–Crippen MR) is 75.3 cm³/mol. The minimum absolute atomic E-state index is 0.00955. The zero-order valence-corrected chi connectivity index (χ0v) is 12.0. The molecule has 0 saturated carbocycles. The standard InChI is InChI=1S/C13H22N2O2S/c1-4-11(5-2)15-18(16,17)13-10-8-7-9-12(13)14-6-3/h7-11,14-15H,4-6H2,1-3H3. The summed E-state index contributed by atoms with van der Waals surface area (Å²) in [6, 6.07) is 6.97. The number of hydrogen-bond donors (Lipinski definition) is 2. The summed E-state index contributed by atoms with van der Waals surface area (Å²) in [4.78, 5) is 0.318. The van der Waals surface area contributed by atoms with Crippen LogP contribution in [0.1, 0.15) is 33.6 Å². The lowest BCUT2D eigenvalue weighted by Gasteiger charge is -2.17. The molecule has 0 atom stereocenters. The van der Waals surface area contributed by atoms with Crippen LogP contribution in [-0.4, -0.2) is 21.0 Å². The van der Waals surface area contributed by atoms with Gasteiger partial charge in [-0.15, -0.1) is 0 Å². The molecule has 0 bridgehead atoms. The maximum absolute atomic E-state index is 12.3. The fraction of sp³-hybridized carbons (Fsp3) is 0.538. The van der Waals surface area contributed by atoms with Crippen LogP contribution >= 0.6 is 0 Å². The van der Waals surface area contributed by atoms with Gasteiger partial charge in [-0.1, -0.05) is 26.0 Å². The smallest absolute Gasteiger partial charge is 0.242 e. The molecule has 0 aliphatic carbocycles. The highest BCUT2D eigenvalue weighted by Crippen LogP contribution is 2.21. The van der Waals surface area contributed by atoms with Crippen molar-refractivity contribution in [1.82, 2.24) is 4.72 Å². The Morgan fingerprint density at radius 1 is 1.11 bits per heavy atom. The van der Waals surface area contributed by atoms with Crippen LogP contribution in [0.3, 0.4) is 0 Å². The summed E-state index contributed by atoms with van der Waals surface area (Å²) in [6.07, 6.45) is 1.58. The summed E-state index contributed by atoms with van der Waals surface area (Å²) in [5.41, 5.74) is 0.651. The number of nitrogens with one attached hydrogen (secondary N) is 2. The number of rotatable bonds is 7. The number of anilines is 1. The van der Waals surface area contributed by atoms with Gasteiger partial charge < -0.3 is 5.32 Å². The molecule has 1 aromatic rings. The van der Waals surface area contributed by atoms with Crippen molar-refractivity contribution in [3.05, 3.63) is 24.3 Å². The lowest BCUT2D eigenvalue weighted by Crippen LogP contribution is -2.34. The second kappa shape index (κ2) is 6.75. The number of hydrogen-bond acceptors (Lipinski definition) is 3. The summed E-state index contributed by atoms with van der Waals surface area (Å²) >= 11 is 0. The molecule has 0 radical (unpaired) electrons. The minimum atomic E-state index is -3.45. The largest absolute Gasteiger partial charge is 0.384 e. The minimum Gasteiger partial charge on any atom is -0.384 e. The van der Waals surface area contributed by atoms with Crippen LogP contribution in [0.25, 0.3) is 0 Å². The van der Waals surface area contributed by atoms with Crippen molar-refractivity contribution in [3.8, 4) is 0 Å². The summed E-state index contributed by atoms with van der Waals surface area (Å²) in [7, 11) is -3.45. The highest BCUT2D eigenvalue weighted by molar-refractivity contribution is 7.89. The van der Waals surface area contributed by atoms with Gasteiger partial charge in [0, 0.05) is 12.6 Å². The number of benzene rings is 1. The van der Waals surface area contributed by atoms with Crippen molar-refractivity contribution < 1.29 is 8.42 Å². The lowest BCUT2D eigenvalue weighted by molar-refractivity contribution is 0.530. The Kier molecular flexibility index (Phi) is 5.62. The van der Waals surface area contributed by atoms with Gasteiger partial charge in [0.2, 0.25) is 10.0 Å². The molecule has 102 valence electrons. The monoisotopic (exact) mass is 270 g/mol. The lowest BCUT2D eigenvalue weighted by atomic mass is 10.2. The molecule has 0 unspecified atom stereocenters. The molecule has 4 nitrogen and oxygen atoms in total. The quantitative estimate of drug-likeness (QED) is 0.800. The van der Waals surface area contributed by atoms with Crippen LogP contribution in [0, 0.1) is 0 Å². The van der Waals surface area contributed by atoms with Crippen molar-refractivity contribution >= 4 is 15.7 Å². The molecule has 0 heterocycles. The second-order valence-corrected chi connectivity index (χ2v) is 5.84. The molecular formula is C13H22N2O2S. The Morgan fingerprint density at radius 3 is 2.28 bits per heavy atom. The van der Waals surface area contributed by atoms with E-state index in [1.54, 1.807) is 18.2 Å². The third-order valence-corrected chi connectivity index (χ3v) is 4.43. The zero-order valence-electron chi connectivity index (χ0n) is 11.2. The van der Waals surface area contributed by atoms with Crippen LogP contribution in [0.2, 0.25) is 0 Å². The summed E-state index contributed by atoms with van der Waals surface area (Å²) in [6.45, 7) is 6.59. The van der Waals surface area contributed by atoms with Crippen molar-refractivity contribution in [2.75, 3.05) is 11.9 Å². The second-order valence-electron chi connectivity index (χ2n) is 4.16. The molecule has 2 N–H and O–H groups in total. The van der Waals surface area contributed by atoms with E-state index in [1.165, 1.54) is 0 Å². The SMILES string of the molecule is CCNc1ccccc1S(=O)(=O)NC(CC)CC. The molecule has 0 spiro atoms. The third kappa shape index (κ3) is 3.71. The summed E-state index contributed by atoms with van der Waals surface area (Å²) < 4.78 is 27.3. The topological polar surface area (TPSA) is 58.2 Å². The molecule has 1 rings (SSSR count). The van der Waals surface area contributed by atoms with Crippen molar-refractivity contribution in [3.63, 3.8) is 0 Å². The van der Waals surface area contributed by atoms with Crippen LogP contribution in [0.4, 0.5) is 5.69 Å². The fourth-order valence-electron chi connectivity index (χ4n) is 1.78. The van der Waals surface area contributed by atoms with Crippen molar-refractivity contribution in [2.45, 2.75) is 44.6 Å². The maximum atomic E-state index is 12.3. The highest BCUT2D eigenvalue weighted by atomic mass is 32.2. The first-order valence-corrected chi connectivity index (χ1v) is 7.88. The zero-order chi connectivity index (χ0) is 13.6. The molecular weight excluding hydrogens is 248 g/mol. The van der Waals surface area contributed by atoms with Gasteiger partial charge in [0.1, 0.15) is 4.90 Å². The van der Waals surface area contributed by atoms with E-state index in [0.717, 1.165) is 12.8 Å². The molecule has 0 fully saturated rings. The van der Waals surface area contributed by atoms with Crippen molar-refractivity contribution in [2.24, 2.45) is 0 Å². The first-order valence-electron chi connectivity index (χ1n) is 6.40. The van der Waals surface area contributed by atoms with Crippen LogP contribution in [0.5, 0.6) is 0 Å². The molecule has 18 heavy (non-hydrogen) atoms. The van der Waals surface area contributed by atoms with Gasteiger partial charge in [0.05, 0.1) is 5.69 Å². The van der Waals surface area contributed by atoms with E-state index < -0.39 is 10.0 Å². The van der Waals surface area contributed by atoms with Gasteiger partial charge in [0.25, 0.3) is 0 Å². The van der Waals surface area contributed by atoms with Crippen LogP contribution in [-0.2, 0) is 10.0 Å². The molecule has 5 heteroatoms.